The average molecular weight is 476 g/mol. The Morgan fingerprint density at radius 3 is 2.51 bits per heavy atom. The standard InChI is InChI=1S/C26H30FN7O/c27-21-17-30-26-24(20-15-22(29-18-23(20)31-26)19-3-1-4-28-16-19)25(21)34-9-7-32(8-10-34)5-2-6-33-11-13-35-14-12-33/h1,3-4,15-18H,2,5-14H2,(H,30,31). The van der Waals surface area contributed by atoms with Gasteiger partial charge < -0.3 is 14.6 Å². The normalized spacial score (nSPS) is 18.0. The van der Waals surface area contributed by atoms with Gasteiger partial charge in [0, 0.05) is 62.6 Å². The molecule has 6 rings (SSSR count). The molecule has 6 heterocycles. The molecule has 1 N–H and O–H groups in total. The molecule has 4 aromatic rings. The van der Waals surface area contributed by atoms with E-state index in [0.29, 0.717) is 11.3 Å². The van der Waals surface area contributed by atoms with Crippen LogP contribution in [0.3, 0.4) is 0 Å². The number of rotatable bonds is 6. The van der Waals surface area contributed by atoms with Crippen LogP contribution in [0.5, 0.6) is 0 Å². The van der Waals surface area contributed by atoms with Crippen molar-refractivity contribution in [3.8, 4) is 11.3 Å². The molecule has 2 saturated heterocycles. The largest absolute Gasteiger partial charge is 0.379 e. The number of fused-ring (bicyclic) bond motifs is 3. The van der Waals surface area contributed by atoms with Gasteiger partial charge in [-0.3, -0.25) is 19.8 Å². The van der Waals surface area contributed by atoms with Crippen molar-refractivity contribution in [2.24, 2.45) is 0 Å². The van der Waals surface area contributed by atoms with Crippen LogP contribution in [0.4, 0.5) is 10.1 Å². The van der Waals surface area contributed by atoms with Gasteiger partial charge in [0.05, 0.1) is 47.9 Å². The Bertz CT molecular complexity index is 1300. The molecule has 0 radical (unpaired) electrons. The van der Waals surface area contributed by atoms with E-state index in [1.54, 1.807) is 18.6 Å². The molecule has 0 atom stereocenters. The highest BCUT2D eigenvalue weighted by Crippen LogP contribution is 2.36. The molecule has 35 heavy (non-hydrogen) atoms. The van der Waals surface area contributed by atoms with E-state index >= 15 is 4.39 Å². The van der Waals surface area contributed by atoms with Crippen molar-refractivity contribution in [3.05, 3.63) is 48.8 Å². The second-order valence-corrected chi connectivity index (χ2v) is 9.30. The third kappa shape index (κ3) is 4.59. The van der Waals surface area contributed by atoms with Crippen molar-refractivity contribution in [2.45, 2.75) is 6.42 Å². The number of H-pyrrole nitrogens is 1. The van der Waals surface area contributed by atoms with Crippen LogP contribution in [-0.4, -0.2) is 95.3 Å². The predicted octanol–water partition coefficient (Wildman–Crippen LogP) is 3.16. The quantitative estimate of drug-likeness (QED) is 0.459. The predicted molar refractivity (Wildman–Crippen MR) is 135 cm³/mol. The molecule has 0 aliphatic carbocycles. The first kappa shape index (κ1) is 22.3. The van der Waals surface area contributed by atoms with Gasteiger partial charge in [-0.2, -0.15) is 0 Å². The van der Waals surface area contributed by atoms with Gasteiger partial charge in [0.1, 0.15) is 5.65 Å². The average Bonchev–Trinajstić information content (AvgIpc) is 3.28. The molecule has 0 amide bonds. The van der Waals surface area contributed by atoms with Crippen molar-refractivity contribution < 1.29 is 9.13 Å². The number of nitrogens with zero attached hydrogens (tertiary/aromatic N) is 6. The second kappa shape index (κ2) is 9.85. The molecule has 0 spiro atoms. The lowest BCUT2D eigenvalue weighted by molar-refractivity contribution is 0.0360. The zero-order chi connectivity index (χ0) is 23.6. The van der Waals surface area contributed by atoms with E-state index in [1.165, 1.54) is 6.20 Å². The van der Waals surface area contributed by atoms with Crippen molar-refractivity contribution >= 4 is 27.6 Å². The maximum absolute atomic E-state index is 15.3. The maximum atomic E-state index is 15.3. The summed E-state index contributed by atoms with van der Waals surface area (Å²) < 4.78 is 20.7. The Morgan fingerprint density at radius 2 is 1.74 bits per heavy atom. The molecule has 0 saturated carbocycles. The molecule has 0 bridgehead atoms. The molecule has 0 unspecified atom stereocenters. The first-order valence-corrected chi connectivity index (χ1v) is 12.4. The highest BCUT2D eigenvalue weighted by molar-refractivity contribution is 6.12. The van der Waals surface area contributed by atoms with Crippen LogP contribution in [0, 0.1) is 5.82 Å². The third-order valence-electron chi connectivity index (χ3n) is 7.13. The number of pyridine rings is 3. The van der Waals surface area contributed by atoms with Crippen LogP contribution in [0.2, 0.25) is 0 Å². The van der Waals surface area contributed by atoms with Gasteiger partial charge in [0.25, 0.3) is 0 Å². The molecular weight excluding hydrogens is 445 g/mol. The number of hydrogen-bond donors (Lipinski definition) is 1. The fourth-order valence-electron chi connectivity index (χ4n) is 5.24. The summed E-state index contributed by atoms with van der Waals surface area (Å²) >= 11 is 0. The fraction of sp³-hybridized carbons (Fsp3) is 0.423. The lowest BCUT2D eigenvalue weighted by atomic mass is 10.1. The molecule has 182 valence electrons. The van der Waals surface area contributed by atoms with Gasteiger partial charge in [0.2, 0.25) is 0 Å². The summed E-state index contributed by atoms with van der Waals surface area (Å²) in [5.41, 5.74) is 3.92. The summed E-state index contributed by atoms with van der Waals surface area (Å²) in [5, 5.41) is 1.76. The highest BCUT2D eigenvalue weighted by atomic mass is 19.1. The molecular formula is C26H30FN7O. The Hall–Kier alpha value is -3.14. The van der Waals surface area contributed by atoms with E-state index in [1.807, 2.05) is 18.2 Å². The zero-order valence-electron chi connectivity index (χ0n) is 19.8. The number of aromatic nitrogens is 4. The molecule has 8 nitrogen and oxygen atoms in total. The van der Waals surface area contributed by atoms with Crippen LogP contribution in [0.15, 0.2) is 43.0 Å². The molecule has 2 aliphatic heterocycles. The van der Waals surface area contributed by atoms with E-state index in [-0.39, 0.29) is 5.82 Å². The first-order valence-electron chi connectivity index (χ1n) is 12.4. The van der Waals surface area contributed by atoms with Crippen LogP contribution in [0.1, 0.15) is 6.42 Å². The summed E-state index contributed by atoms with van der Waals surface area (Å²) in [6.45, 7) is 9.40. The van der Waals surface area contributed by atoms with Crippen molar-refractivity contribution in [1.82, 2.24) is 29.7 Å². The highest BCUT2D eigenvalue weighted by Gasteiger charge is 2.24. The van der Waals surface area contributed by atoms with Crippen molar-refractivity contribution in [2.75, 3.05) is 70.5 Å². The van der Waals surface area contributed by atoms with Gasteiger partial charge in [-0.05, 0) is 37.7 Å². The lowest BCUT2D eigenvalue weighted by Crippen LogP contribution is -2.47. The van der Waals surface area contributed by atoms with E-state index in [0.717, 1.165) is 99.5 Å². The summed E-state index contributed by atoms with van der Waals surface area (Å²) in [4.78, 5) is 23.6. The Balaban J connectivity index is 1.21. The van der Waals surface area contributed by atoms with Crippen LogP contribution in [0.25, 0.3) is 33.2 Å². The molecule has 4 aromatic heterocycles. The summed E-state index contributed by atoms with van der Waals surface area (Å²) in [6, 6.07) is 5.88. The molecule has 0 aromatic carbocycles. The number of anilines is 1. The number of hydrogen-bond acceptors (Lipinski definition) is 7. The summed E-state index contributed by atoms with van der Waals surface area (Å²) in [5.74, 6) is -0.279. The van der Waals surface area contributed by atoms with E-state index in [9.17, 15) is 0 Å². The van der Waals surface area contributed by atoms with Gasteiger partial charge in [-0.1, -0.05) is 0 Å². The first-order chi connectivity index (χ1) is 17.3. The monoisotopic (exact) mass is 475 g/mol. The van der Waals surface area contributed by atoms with Gasteiger partial charge in [-0.15, -0.1) is 0 Å². The third-order valence-corrected chi connectivity index (χ3v) is 7.13. The number of aromatic amines is 1. The van der Waals surface area contributed by atoms with Crippen molar-refractivity contribution in [1.29, 1.82) is 0 Å². The smallest absolute Gasteiger partial charge is 0.165 e. The Morgan fingerprint density at radius 1 is 0.943 bits per heavy atom. The minimum atomic E-state index is -0.279. The fourth-order valence-corrected chi connectivity index (χ4v) is 5.24. The molecule has 2 aliphatic rings. The molecule has 9 heteroatoms. The zero-order valence-corrected chi connectivity index (χ0v) is 19.8. The van der Waals surface area contributed by atoms with Crippen LogP contribution < -0.4 is 4.90 Å². The number of morpholine rings is 1. The van der Waals surface area contributed by atoms with Crippen molar-refractivity contribution in [3.63, 3.8) is 0 Å². The molecule has 2 fully saturated rings. The summed E-state index contributed by atoms with van der Waals surface area (Å²) in [6.07, 6.45) is 7.82. The van der Waals surface area contributed by atoms with E-state index in [2.05, 4.69) is 34.6 Å². The SMILES string of the molecule is Fc1cnc2[nH]c3cnc(-c4cccnc4)cc3c2c1N1CCN(CCCN2CCOCC2)CC1. The number of halogens is 1. The minimum absolute atomic E-state index is 0.279. The van der Waals surface area contributed by atoms with E-state index in [4.69, 9.17) is 4.74 Å². The Kier molecular flexibility index (Phi) is 6.28. The second-order valence-electron chi connectivity index (χ2n) is 9.30. The minimum Gasteiger partial charge on any atom is -0.379 e. The summed E-state index contributed by atoms with van der Waals surface area (Å²) in [7, 11) is 0. The van der Waals surface area contributed by atoms with Gasteiger partial charge in [0.15, 0.2) is 5.82 Å². The van der Waals surface area contributed by atoms with E-state index < -0.39 is 0 Å². The number of nitrogens with one attached hydrogen (secondary N) is 1. The van der Waals surface area contributed by atoms with Crippen LogP contribution >= 0.6 is 0 Å². The number of ether oxygens (including phenoxy) is 1. The lowest BCUT2D eigenvalue weighted by Gasteiger charge is -2.37. The number of piperazine rings is 1. The Labute approximate surface area is 203 Å². The topological polar surface area (TPSA) is 73.4 Å². The van der Waals surface area contributed by atoms with Crippen LogP contribution in [-0.2, 0) is 4.74 Å². The maximum Gasteiger partial charge on any atom is 0.165 e. The van der Waals surface area contributed by atoms with Gasteiger partial charge >= 0.3 is 0 Å². The van der Waals surface area contributed by atoms with Gasteiger partial charge in [-0.25, -0.2) is 9.37 Å².